The topological polar surface area (TPSA) is 70.8 Å². The third kappa shape index (κ3) is 3.55. The van der Waals surface area contributed by atoms with Crippen LogP contribution in [0.4, 0.5) is 18.9 Å². The van der Waals surface area contributed by atoms with Crippen molar-refractivity contribution in [3.63, 3.8) is 0 Å². The van der Waals surface area contributed by atoms with Crippen molar-refractivity contribution in [3.05, 3.63) is 60.6 Å². The largest absolute Gasteiger partial charge is 0.467 e. The number of halogens is 3. The number of alkyl halides is 3. The van der Waals surface area contributed by atoms with Gasteiger partial charge in [-0.05, 0) is 29.7 Å². The molecule has 2 aromatic carbocycles. The van der Waals surface area contributed by atoms with Gasteiger partial charge in [-0.1, -0.05) is 24.3 Å². The van der Waals surface area contributed by atoms with E-state index in [1.54, 1.807) is 24.3 Å². The first-order valence-electron chi connectivity index (χ1n) is 8.58. The maximum absolute atomic E-state index is 13.0. The third-order valence-electron chi connectivity index (χ3n) is 4.61. The van der Waals surface area contributed by atoms with Crippen LogP contribution in [0.5, 0.6) is 0 Å². The van der Waals surface area contributed by atoms with Gasteiger partial charge in [0.25, 0.3) is 10.0 Å². The highest BCUT2D eigenvalue weighted by atomic mass is 32.2. The molecule has 1 aliphatic heterocycles. The molecule has 4 rings (SSSR count). The van der Waals surface area contributed by atoms with Crippen molar-refractivity contribution in [3.8, 4) is 0 Å². The van der Waals surface area contributed by atoms with E-state index in [1.165, 1.54) is 30.5 Å². The second-order valence-electron chi connectivity index (χ2n) is 6.59. The minimum absolute atomic E-state index is 0.0341. The number of hydrogen-bond donors (Lipinski definition) is 0. The zero-order chi connectivity index (χ0) is 20.8. The molecule has 2 heterocycles. The van der Waals surface area contributed by atoms with E-state index in [-0.39, 0.29) is 16.3 Å². The molecule has 1 amide bonds. The predicted octanol–water partition coefficient (Wildman–Crippen LogP) is 3.53. The fourth-order valence-electron chi connectivity index (χ4n) is 3.39. The Bertz CT molecular complexity index is 1170. The number of hydrogen-bond acceptors (Lipinski definition) is 4. The Morgan fingerprint density at radius 2 is 1.79 bits per heavy atom. The second kappa shape index (κ2) is 6.80. The van der Waals surface area contributed by atoms with Gasteiger partial charge < -0.3 is 9.32 Å². The Hall–Kier alpha value is -3.01. The fourth-order valence-corrected chi connectivity index (χ4v) is 5.05. The number of nitrogens with zero attached hydrogens (tertiary/aromatic N) is 2. The quantitative estimate of drug-likeness (QED) is 0.628. The SMILES string of the molecule is O=C(CN1c2cccc3cccc(c23)S1(=O)=O)N(Cc1ccco1)CC(F)(F)F. The lowest BCUT2D eigenvalue weighted by Crippen LogP contribution is -2.44. The highest BCUT2D eigenvalue weighted by Crippen LogP contribution is 2.41. The van der Waals surface area contributed by atoms with E-state index in [2.05, 4.69) is 0 Å². The molecular weight excluding hydrogens is 409 g/mol. The van der Waals surface area contributed by atoms with Crippen LogP contribution in [0, 0.1) is 0 Å². The van der Waals surface area contributed by atoms with Gasteiger partial charge in [0.05, 0.1) is 23.4 Å². The van der Waals surface area contributed by atoms with Crippen LogP contribution in [0.15, 0.2) is 64.1 Å². The molecule has 0 fully saturated rings. The van der Waals surface area contributed by atoms with Crippen LogP contribution in [-0.2, 0) is 21.4 Å². The molecule has 6 nitrogen and oxygen atoms in total. The highest BCUT2D eigenvalue weighted by molar-refractivity contribution is 7.93. The van der Waals surface area contributed by atoms with Crippen molar-refractivity contribution in [2.24, 2.45) is 0 Å². The zero-order valence-corrected chi connectivity index (χ0v) is 15.7. The average Bonchev–Trinajstić information content (AvgIpc) is 3.22. The number of anilines is 1. The lowest BCUT2D eigenvalue weighted by atomic mass is 10.1. The van der Waals surface area contributed by atoms with Crippen molar-refractivity contribution < 1.29 is 30.8 Å². The van der Waals surface area contributed by atoms with Crippen molar-refractivity contribution >= 4 is 32.4 Å². The molecular formula is C19H15F3N2O4S. The van der Waals surface area contributed by atoms with Gasteiger partial charge in [-0.25, -0.2) is 8.42 Å². The summed E-state index contributed by atoms with van der Waals surface area (Å²) in [6.07, 6.45) is -3.36. The van der Waals surface area contributed by atoms with Crippen LogP contribution < -0.4 is 4.31 Å². The van der Waals surface area contributed by atoms with Crippen LogP contribution in [0.25, 0.3) is 10.8 Å². The first kappa shape index (κ1) is 19.3. The average molecular weight is 424 g/mol. The highest BCUT2D eigenvalue weighted by Gasteiger charge is 2.39. The van der Waals surface area contributed by atoms with Crippen LogP contribution in [-0.4, -0.2) is 38.5 Å². The number of benzene rings is 2. The van der Waals surface area contributed by atoms with Crippen LogP contribution in [0.1, 0.15) is 5.76 Å². The van der Waals surface area contributed by atoms with Gasteiger partial charge in [-0.15, -0.1) is 0 Å². The maximum Gasteiger partial charge on any atom is 0.406 e. The molecule has 0 N–H and O–H groups in total. The van der Waals surface area contributed by atoms with Gasteiger partial charge in [-0.3, -0.25) is 9.10 Å². The van der Waals surface area contributed by atoms with Crippen molar-refractivity contribution in [1.29, 1.82) is 0 Å². The molecule has 0 unspecified atom stereocenters. The third-order valence-corrected chi connectivity index (χ3v) is 6.41. The van der Waals surface area contributed by atoms with Crippen LogP contribution in [0.3, 0.4) is 0 Å². The Kier molecular flexibility index (Phi) is 4.53. The maximum atomic E-state index is 13.0. The Morgan fingerprint density at radius 1 is 1.07 bits per heavy atom. The summed E-state index contributed by atoms with van der Waals surface area (Å²) < 4.78 is 70.8. The predicted molar refractivity (Wildman–Crippen MR) is 98.7 cm³/mol. The zero-order valence-electron chi connectivity index (χ0n) is 14.9. The normalized spacial score (nSPS) is 15.1. The molecule has 1 aromatic heterocycles. The summed E-state index contributed by atoms with van der Waals surface area (Å²) in [5.74, 6) is -0.815. The number of furan rings is 1. The number of amides is 1. The second-order valence-corrected chi connectivity index (χ2v) is 8.42. The molecule has 0 aliphatic carbocycles. The molecule has 0 radical (unpaired) electrons. The first-order chi connectivity index (χ1) is 13.7. The molecule has 0 spiro atoms. The molecule has 0 bridgehead atoms. The summed E-state index contributed by atoms with van der Waals surface area (Å²) >= 11 is 0. The number of carbonyl (C=O) groups excluding carboxylic acids is 1. The lowest BCUT2D eigenvalue weighted by molar-refractivity contribution is -0.161. The summed E-state index contributed by atoms with van der Waals surface area (Å²) in [5.41, 5.74) is 0.274. The molecule has 0 atom stereocenters. The number of carbonyl (C=O) groups is 1. The molecule has 29 heavy (non-hydrogen) atoms. The van der Waals surface area contributed by atoms with Crippen LogP contribution >= 0.6 is 0 Å². The molecule has 1 aliphatic rings. The van der Waals surface area contributed by atoms with Gasteiger partial charge >= 0.3 is 6.18 Å². The van der Waals surface area contributed by atoms with E-state index in [0.29, 0.717) is 15.7 Å². The van der Waals surface area contributed by atoms with Crippen molar-refractivity contribution in [2.75, 3.05) is 17.4 Å². The van der Waals surface area contributed by atoms with E-state index < -0.39 is 41.7 Å². The standard InChI is InChI=1S/C19H15F3N2O4S/c20-19(21,22)12-23(10-14-6-3-9-28-14)17(25)11-24-15-7-1-4-13-5-2-8-16(18(13)15)29(24,26)27/h1-9H,10-12H2. The summed E-state index contributed by atoms with van der Waals surface area (Å²) in [5, 5.41) is 1.12. The smallest absolute Gasteiger partial charge is 0.406 e. The van der Waals surface area contributed by atoms with E-state index in [4.69, 9.17) is 4.42 Å². The molecule has 3 aromatic rings. The Balaban J connectivity index is 1.67. The first-order valence-corrected chi connectivity index (χ1v) is 10.0. The van der Waals surface area contributed by atoms with E-state index in [1.807, 2.05) is 0 Å². The monoisotopic (exact) mass is 424 g/mol. The lowest BCUT2D eigenvalue weighted by Gasteiger charge is -2.26. The molecule has 10 heteroatoms. The molecule has 152 valence electrons. The van der Waals surface area contributed by atoms with E-state index in [9.17, 15) is 26.4 Å². The summed E-state index contributed by atoms with van der Waals surface area (Å²) in [7, 11) is -4.05. The van der Waals surface area contributed by atoms with Crippen molar-refractivity contribution in [2.45, 2.75) is 17.6 Å². The molecule has 0 saturated heterocycles. The van der Waals surface area contributed by atoms with Gasteiger partial charge in [0.1, 0.15) is 18.8 Å². The van der Waals surface area contributed by atoms with E-state index >= 15 is 0 Å². The van der Waals surface area contributed by atoms with Gasteiger partial charge in [-0.2, -0.15) is 13.2 Å². The van der Waals surface area contributed by atoms with Gasteiger partial charge in [0, 0.05) is 5.39 Å². The van der Waals surface area contributed by atoms with E-state index in [0.717, 1.165) is 4.31 Å². The van der Waals surface area contributed by atoms with Crippen molar-refractivity contribution in [1.82, 2.24) is 4.90 Å². The fraction of sp³-hybridized carbons (Fsp3) is 0.211. The number of sulfonamides is 1. The summed E-state index contributed by atoms with van der Waals surface area (Å²) in [4.78, 5) is 13.3. The number of rotatable bonds is 5. The van der Waals surface area contributed by atoms with Gasteiger partial charge in [0.2, 0.25) is 5.91 Å². The Labute approximate surface area is 164 Å². The minimum Gasteiger partial charge on any atom is -0.467 e. The summed E-state index contributed by atoms with van der Waals surface area (Å²) in [6, 6.07) is 12.6. The van der Waals surface area contributed by atoms with Gasteiger partial charge in [0.15, 0.2) is 0 Å². The van der Waals surface area contributed by atoms with Crippen LogP contribution in [0.2, 0.25) is 0 Å². The Morgan fingerprint density at radius 3 is 2.45 bits per heavy atom. The summed E-state index contributed by atoms with van der Waals surface area (Å²) in [6.45, 7) is -2.68. The molecule has 0 saturated carbocycles. The minimum atomic E-state index is -4.64.